The van der Waals surface area contributed by atoms with Gasteiger partial charge in [-0.15, -0.1) is 0 Å². The first-order valence-corrected chi connectivity index (χ1v) is 7.28. The predicted octanol–water partition coefficient (Wildman–Crippen LogP) is 0.748. The number of ether oxygens (including phenoxy) is 1. The number of nitrogens with one attached hydrogen (secondary N) is 2. The molecule has 0 atom stereocenters. The van der Waals surface area contributed by atoms with Gasteiger partial charge in [0.15, 0.2) is 11.1 Å². The molecule has 1 heterocycles. The van der Waals surface area contributed by atoms with Crippen LogP contribution in [0.5, 0.6) is 0 Å². The molecule has 0 unspecified atom stereocenters. The first-order valence-electron chi connectivity index (χ1n) is 6.87. The molecule has 0 saturated heterocycles. The predicted molar refractivity (Wildman–Crippen MR) is 89.4 cm³/mol. The summed E-state index contributed by atoms with van der Waals surface area (Å²) in [6, 6.07) is 4.01. The van der Waals surface area contributed by atoms with E-state index in [0.717, 1.165) is 25.1 Å². The minimum Gasteiger partial charge on any atom is -0.383 e. The van der Waals surface area contributed by atoms with E-state index in [1.165, 1.54) is 5.56 Å². The van der Waals surface area contributed by atoms with Gasteiger partial charge in [0.1, 0.15) is 0 Å². The molecule has 1 rings (SSSR count). The van der Waals surface area contributed by atoms with Gasteiger partial charge in [-0.2, -0.15) is 0 Å². The van der Waals surface area contributed by atoms with Gasteiger partial charge in [-0.1, -0.05) is 6.07 Å². The molecule has 0 aliphatic carbocycles. The van der Waals surface area contributed by atoms with E-state index in [-0.39, 0.29) is 0 Å². The molecule has 116 valence electrons. The average molecular weight is 309 g/mol. The third-order valence-corrected chi connectivity index (χ3v) is 3.06. The van der Waals surface area contributed by atoms with Crippen LogP contribution in [0.3, 0.4) is 0 Å². The Morgan fingerprint density at radius 1 is 1.52 bits per heavy atom. The number of aryl methyl sites for hydroxylation is 2. The third kappa shape index (κ3) is 7.57. The van der Waals surface area contributed by atoms with Crippen molar-refractivity contribution in [3.8, 4) is 0 Å². The highest BCUT2D eigenvalue weighted by Crippen LogP contribution is 2.05. The number of nitrogens with zero attached hydrogens (tertiary/aromatic N) is 2. The van der Waals surface area contributed by atoms with Crippen LogP contribution in [0.25, 0.3) is 0 Å². The lowest BCUT2D eigenvalue weighted by atomic mass is 10.1. The first-order chi connectivity index (χ1) is 10.1. The summed E-state index contributed by atoms with van der Waals surface area (Å²) in [6.07, 6.45) is 3.68. The summed E-state index contributed by atoms with van der Waals surface area (Å²) in [5, 5.41) is 6.40. The molecule has 0 aliphatic rings. The van der Waals surface area contributed by atoms with Crippen molar-refractivity contribution in [2.75, 3.05) is 26.8 Å². The van der Waals surface area contributed by atoms with Crippen LogP contribution in [0.15, 0.2) is 23.3 Å². The average Bonchev–Trinajstić information content (AvgIpc) is 2.45. The fourth-order valence-corrected chi connectivity index (χ4v) is 1.90. The number of guanidine groups is 1. The van der Waals surface area contributed by atoms with Crippen molar-refractivity contribution >= 4 is 23.3 Å². The Morgan fingerprint density at radius 2 is 2.33 bits per heavy atom. The minimum atomic E-state index is 0.296. The zero-order valence-electron chi connectivity index (χ0n) is 12.6. The Kier molecular flexibility index (Phi) is 8.30. The molecule has 0 aromatic carbocycles. The van der Waals surface area contributed by atoms with Crippen molar-refractivity contribution in [2.24, 2.45) is 10.7 Å². The van der Waals surface area contributed by atoms with E-state index in [9.17, 15) is 0 Å². The van der Waals surface area contributed by atoms with Gasteiger partial charge >= 0.3 is 0 Å². The summed E-state index contributed by atoms with van der Waals surface area (Å²) in [6.45, 7) is 3.87. The lowest BCUT2D eigenvalue weighted by Gasteiger charge is -2.10. The summed E-state index contributed by atoms with van der Waals surface area (Å²) in [7, 11) is 1.62. The molecule has 0 spiro atoms. The van der Waals surface area contributed by atoms with Crippen molar-refractivity contribution in [3.63, 3.8) is 0 Å². The molecular formula is C14H23N5OS. The van der Waals surface area contributed by atoms with Gasteiger partial charge in [-0.3, -0.25) is 9.98 Å². The second kappa shape index (κ2) is 10.1. The summed E-state index contributed by atoms with van der Waals surface area (Å²) < 4.78 is 4.88. The van der Waals surface area contributed by atoms with E-state index in [0.29, 0.717) is 24.2 Å². The van der Waals surface area contributed by atoms with Crippen LogP contribution in [-0.4, -0.2) is 42.9 Å². The maximum absolute atomic E-state index is 5.68. The quantitative estimate of drug-likeness (QED) is 0.298. The van der Waals surface area contributed by atoms with Crippen LogP contribution in [0, 0.1) is 6.92 Å². The normalized spacial score (nSPS) is 11.2. The molecule has 0 fully saturated rings. The molecule has 0 amide bonds. The van der Waals surface area contributed by atoms with E-state index < -0.39 is 0 Å². The first kappa shape index (κ1) is 17.3. The second-order valence-electron chi connectivity index (χ2n) is 4.51. The Bertz CT molecular complexity index is 478. The number of rotatable bonds is 7. The van der Waals surface area contributed by atoms with Crippen molar-refractivity contribution in [1.82, 2.24) is 15.6 Å². The smallest absolute Gasteiger partial charge is 0.194 e. The van der Waals surface area contributed by atoms with Gasteiger partial charge in [0.2, 0.25) is 0 Å². The van der Waals surface area contributed by atoms with Crippen LogP contribution in [0.2, 0.25) is 0 Å². The number of thiocarbonyl (C=S) groups is 1. The highest BCUT2D eigenvalue weighted by molar-refractivity contribution is 7.80. The number of pyridine rings is 1. The lowest BCUT2D eigenvalue weighted by molar-refractivity contribution is 0.208. The Morgan fingerprint density at radius 3 is 3.05 bits per heavy atom. The SMILES string of the molecule is COCCN=C(N)NC(=S)NCCCc1ncccc1C. The van der Waals surface area contributed by atoms with Crippen LogP contribution in [0.1, 0.15) is 17.7 Å². The van der Waals surface area contributed by atoms with Gasteiger partial charge in [-0.25, -0.2) is 0 Å². The van der Waals surface area contributed by atoms with Gasteiger partial charge in [-0.05, 0) is 43.6 Å². The standard InChI is InChI=1S/C14H23N5OS/c1-11-5-3-7-16-12(11)6-4-8-18-14(21)19-13(15)17-9-10-20-2/h3,5,7H,4,6,8-10H2,1-2H3,(H4,15,17,18,19,21). The highest BCUT2D eigenvalue weighted by atomic mass is 32.1. The maximum atomic E-state index is 5.68. The fraction of sp³-hybridized carbons (Fsp3) is 0.500. The van der Waals surface area contributed by atoms with Crippen LogP contribution in [0.4, 0.5) is 0 Å². The zero-order chi connectivity index (χ0) is 15.5. The molecule has 1 aromatic heterocycles. The molecule has 21 heavy (non-hydrogen) atoms. The summed E-state index contributed by atoms with van der Waals surface area (Å²) in [4.78, 5) is 8.42. The molecular weight excluding hydrogens is 286 g/mol. The molecule has 1 aromatic rings. The number of nitrogens with two attached hydrogens (primary N) is 1. The molecule has 0 aliphatic heterocycles. The minimum absolute atomic E-state index is 0.296. The van der Waals surface area contributed by atoms with Gasteiger partial charge < -0.3 is 21.1 Å². The Hall–Kier alpha value is -1.73. The monoisotopic (exact) mass is 309 g/mol. The molecule has 6 nitrogen and oxygen atoms in total. The lowest BCUT2D eigenvalue weighted by Crippen LogP contribution is -2.43. The number of hydrogen-bond donors (Lipinski definition) is 3. The van der Waals surface area contributed by atoms with E-state index in [1.807, 2.05) is 12.3 Å². The maximum Gasteiger partial charge on any atom is 0.194 e. The van der Waals surface area contributed by atoms with Gasteiger partial charge in [0, 0.05) is 25.5 Å². The number of aromatic nitrogens is 1. The Balaban J connectivity index is 2.19. The zero-order valence-corrected chi connectivity index (χ0v) is 13.4. The van der Waals surface area contributed by atoms with Gasteiger partial charge in [0.25, 0.3) is 0 Å². The van der Waals surface area contributed by atoms with Crippen LogP contribution >= 0.6 is 12.2 Å². The molecule has 0 bridgehead atoms. The van der Waals surface area contributed by atoms with Crippen molar-refractivity contribution in [1.29, 1.82) is 0 Å². The van der Waals surface area contributed by atoms with Crippen molar-refractivity contribution in [3.05, 3.63) is 29.6 Å². The van der Waals surface area contributed by atoms with Crippen LogP contribution in [-0.2, 0) is 11.2 Å². The summed E-state index contributed by atoms with van der Waals surface area (Å²) in [5.41, 5.74) is 8.02. The fourth-order valence-electron chi connectivity index (χ4n) is 1.70. The van der Waals surface area contributed by atoms with Crippen molar-refractivity contribution < 1.29 is 4.74 Å². The van der Waals surface area contributed by atoms with E-state index >= 15 is 0 Å². The number of methoxy groups -OCH3 is 1. The van der Waals surface area contributed by atoms with Gasteiger partial charge in [0.05, 0.1) is 13.2 Å². The molecule has 7 heteroatoms. The molecule has 0 saturated carbocycles. The largest absolute Gasteiger partial charge is 0.383 e. The molecule has 4 N–H and O–H groups in total. The van der Waals surface area contributed by atoms with Crippen LogP contribution < -0.4 is 16.4 Å². The number of aliphatic imine (C=N–C) groups is 1. The second-order valence-corrected chi connectivity index (χ2v) is 4.92. The Labute approximate surface area is 131 Å². The van der Waals surface area contributed by atoms with E-state index in [1.54, 1.807) is 7.11 Å². The van der Waals surface area contributed by atoms with E-state index in [2.05, 4.69) is 33.6 Å². The molecule has 0 radical (unpaired) electrons. The highest BCUT2D eigenvalue weighted by Gasteiger charge is 2.00. The summed E-state index contributed by atoms with van der Waals surface area (Å²) >= 11 is 5.13. The third-order valence-electron chi connectivity index (χ3n) is 2.81. The van der Waals surface area contributed by atoms with E-state index in [4.69, 9.17) is 22.7 Å². The summed E-state index contributed by atoms with van der Waals surface area (Å²) in [5.74, 6) is 0.296. The number of hydrogen-bond acceptors (Lipinski definition) is 4. The van der Waals surface area contributed by atoms with Crippen molar-refractivity contribution in [2.45, 2.75) is 19.8 Å². The topological polar surface area (TPSA) is 84.6 Å².